The second-order valence-electron chi connectivity index (χ2n) is 4.39. The first-order valence-corrected chi connectivity index (χ1v) is 7.04. The van der Waals surface area contributed by atoms with Gasteiger partial charge in [-0.1, -0.05) is 13.0 Å². The zero-order valence-electron chi connectivity index (χ0n) is 10.6. The molecule has 1 aromatic carbocycles. The molecule has 0 fully saturated rings. The van der Waals surface area contributed by atoms with E-state index in [2.05, 4.69) is 23.4 Å². The third kappa shape index (κ3) is 2.00. The highest BCUT2D eigenvalue weighted by molar-refractivity contribution is 7.10. The SMILES string of the molecule is CCc1ccsc1Cn1c(N)nc2c(F)cccc21. The minimum absolute atomic E-state index is 0.329. The van der Waals surface area contributed by atoms with Gasteiger partial charge in [-0.3, -0.25) is 0 Å². The third-order valence-corrected chi connectivity index (χ3v) is 4.23. The van der Waals surface area contributed by atoms with Crippen LogP contribution in [0.4, 0.5) is 10.3 Å². The summed E-state index contributed by atoms with van der Waals surface area (Å²) in [5.41, 5.74) is 8.31. The van der Waals surface area contributed by atoms with E-state index in [0.717, 1.165) is 11.9 Å². The highest BCUT2D eigenvalue weighted by Gasteiger charge is 2.13. The van der Waals surface area contributed by atoms with Crippen molar-refractivity contribution < 1.29 is 4.39 Å². The second kappa shape index (κ2) is 4.66. The number of rotatable bonds is 3. The van der Waals surface area contributed by atoms with E-state index in [1.807, 2.05) is 10.6 Å². The summed E-state index contributed by atoms with van der Waals surface area (Å²) < 4.78 is 15.5. The van der Waals surface area contributed by atoms with Gasteiger partial charge in [-0.05, 0) is 35.6 Å². The monoisotopic (exact) mass is 275 g/mol. The number of nitrogen functional groups attached to an aromatic ring is 1. The van der Waals surface area contributed by atoms with Crippen molar-refractivity contribution in [3.05, 3.63) is 45.9 Å². The number of aromatic nitrogens is 2. The molecule has 3 rings (SSSR count). The van der Waals surface area contributed by atoms with Crippen LogP contribution in [0.25, 0.3) is 11.0 Å². The van der Waals surface area contributed by atoms with Crippen LogP contribution in [0, 0.1) is 5.82 Å². The van der Waals surface area contributed by atoms with E-state index < -0.39 is 0 Å². The maximum Gasteiger partial charge on any atom is 0.201 e. The molecule has 0 radical (unpaired) electrons. The van der Waals surface area contributed by atoms with E-state index in [-0.39, 0.29) is 5.82 Å². The normalized spacial score (nSPS) is 11.3. The number of hydrogen-bond acceptors (Lipinski definition) is 3. The predicted molar refractivity (Wildman–Crippen MR) is 76.9 cm³/mol. The minimum atomic E-state index is -0.329. The largest absolute Gasteiger partial charge is 0.369 e. The van der Waals surface area contributed by atoms with Gasteiger partial charge in [-0.15, -0.1) is 11.3 Å². The summed E-state index contributed by atoms with van der Waals surface area (Å²) in [7, 11) is 0. The van der Waals surface area contributed by atoms with Gasteiger partial charge in [0.05, 0.1) is 12.1 Å². The Hall–Kier alpha value is -1.88. The number of hydrogen-bond donors (Lipinski definition) is 1. The zero-order valence-corrected chi connectivity index (χ0v) is 11.4. The quantitative estimate of drug-likeness (QED) is 0.796. The summed E-state index contributed by atoms with van der Waals surface area (Å²) in [6.07, 6.45) is 0.986. The van der Waals surface area contributed by atoms with Crippen molar-refractivity contribution in [3.8, 4) is 0 Å². The first kappa shape index (κ1) is 12.2. The van der Waals surface area contributed by atoms with Crippen LogP contribution in [0.5, 0.6) is 0 Å². The molecule has 0 amide bonds. The number of anilines is 1. The van der Waals surface area contributed by atoms with Crippen LogP contribution in [0.2, 0.25) is 0 Å². The van der Waals surface area contributed by atoms with Crippen molar-refractivity contribution in [3.63, 3.8) is 0 Å². The first-order chi connectivity index (χ1) is 9.20. The van der Waals surface area contributed by atoms with Gasteiger partial charge in [0.15, 0.2) is 5.82 Å². The maximum absolute atomic E-state index is 13.7. The van der Waals surface area contributed by atoms with Crippen molar-refractivity contribution in [2.45, 2.75) is 19.9 Å². The van der Waals surface area contributed by atoms with Crippen LogP contribution in [0.3, 0.4) is 0 Å². The average molecular weight is 275 g/mol. The van der Waals surface area contributed by atoms with Gasteiger partial charge in [-0.25, -0.2) is 9.37 Å². The highest BCUT2D eigenvalue weighted by atomic mass is 32.1. The standard InChI is InChI=1S/C14H14FN3S/c1-2-9-6-7-19-12(9)8-18-11-5-3-4-10(15)13(11)17-14(18)16/h3-7H,2,8H2,1H3,(H2,16,17). The number of nitrogens with zero attached hydrogens (tertiary/aromatic N) is 2. The molecule has 0 bridgehead atoms. The molecule has 0 unspecified atom stereocenters. The summed E-state index contributed by atoms with van der Waals surface area (Å²) in [5.74, 6) is 0.0281. The topological polar surface area (TPSA) is 43.8 Å². The summed E-state index contributed by atoms with van der Waals surface area (Å²) in [6.45, 7) is 2.77. The predicted octanol–water partition coefficient (Wildman–Crippen LogP) is 3.43. The van der Waals surface area contributed by atoms with Crippen LogP contribution in [-0.2, 0) is 13.0 Å². The van der Waals surface area contributed by atoms with Crippen molar-refractivity contribution in [1.82, 2.24) is 9.55 Å². The van der Waals surface area contributed by atoms with E-state index in [4.69, 9.17) is 5.73 Å². The van der Waals surface area contributed by atoms with Gasteiger partial charge in [0.2, 0.25) is 5.95 Å². The van der Waals surface area contributed by atoms with Gasteiger partial charge in [0, 0.05) is 4.88 Å². The van der Waals surface area contributed by atoms with Crippen LogP contribution >= 0.6 is 11.3 Å². The second-order valence-corrected chi connectivity index (χ2v) is 5.39. The van der Waals surface area contributed by atoms with Gasteiger partial charge in [-0.2, -0.15) is 0 Å². The Morgan fingerprint density at radius 2 is 2.21 bits per heavy atom. The molecule has 0 aliphatic rings. The van der Waals surface area contributed by atoms with Gasteiger partial charge in [0.25, 0.3) is 0 Å². The zero-order chi connectivity index (χ0) is 13.4. The molecule has 2 N–H and O–H groups in total. The summed E-state index contributed by atoms with van der Waals surface area (Å²) >= 11 is 1.70. The fourth-order valence-corrected chi connectivity index (χ4v) is 3.23. The molecular weight excluding hydrogens is 261 g/mol. The Labute approximate surface area is 114 Å². The Morgan fingerprint density at radius 3 is 3.00 bits per heavy atom. The van der Waals surface area contributed by atoms with Gasteiger partial charge >= 0.3 is 0 Å². The summed E-state index contributed by atoms with van der Waals surface area (Å²) in [4.78, 5) is 5.37. The van der Waals surface area contributed by atoms with E-state index in [9.17, 15) is 4.39 Å². The molecule has 0 saturated heterocycles. The fourth-order valence-electron chi connectivity index (χ4n) is 2.26. The number of aryl methyl sites for hydroxylation is 1. The highest BCUT2D eigenvalue weighted by Crippen LogP contribution is 2.25. The summed E-state index contributed by atoms with van der Waals surface area (Å²) in [5, 5.41) is 2.07. The van der Waals surface area contributed by atoms with Crippen molar-refractivity contribution >= 4 is 28.3 Å². The molecule has 3 aromatic rings. The molecule has 19 heavy (non-hydrogen) atoms. The van der Waals surface area contributed by atoms with Crippen LogP contribution in [-0.4, -0.2) is 9.55 Å². The molecule has 2 aromatic heterocycles. The molecule has 0 atom stereocenters. The summed E-state index contributed by atoms with van der Waals surface area (Å²) in [6, 6.07) is 7.06. The van der Waals surface area contributed by atoms with E-state index in [1.54, 1.807) is 17.4 Å². The van der Waals surface area contributed by atoms with Crippen molar-refractivity contribution in [2.75, 3.05) is 5.73 Å². The molecule has 5 heteroatoms. The lowest BCUT2D eigenvalue weighted by molar-refractivity contribution is 0.637. The lowest BCUT2D eigenvalue weighted by Crippen LogP contribution is -2.04. The molecule has 0 saturated carbocycles. The lowest BCUT2D eigenvalue weighted by atomic mass is 10.2. The average Bonchev–Trinajstić information content (AvgIpc) is 2.97. The van der Waals surface area contributed by atoms with Crippen LogP contribution in [0.15, 0.2) is 29.6 Å². The number of halogens is 1. The Balaban J connectivity index is 2.10. The number of para-hydroxylation sites is 1. The Bertz CT molecular complexity index is 729. The third-order valence-electron chi connectivity index (χ3n) is 3.28. The van der Waals surface area contributed by atoms with Gasteiger partial charge in [0.1, 0.15) is 5.52 Å². The van der Waals surface area contributed by atoms with Crippen molar-refractivity contribution in [1.29, 1.82) is 0 Å². The van der Waals surface area contributed by atoms with Crippen LogP contribution in [0.1, 0.15) is 17.4 Å². The molecule has 0 spiro atoms. The minimum Gasteiger partial charge on any atom is -0.369 e. The lowest BCUT2D eigenvalue weighted by Gasteiger charge is -2.06. The number of nitrogens with two attached hydrogens (primary N) is 1. The number of fused-ring (bicyclic) bond motifs is 1. The number of benzene rings is 1. The molecule has 0 aliphatic carbocycles. The number of thiophene rings is 1. The number of imidazole rings is 1. The van der Waals surface area contributed by atoms with E-state index in [0.29, 0.717) is 18.0 Å². The maximum atomic E-state index is 13.7. The molecule has 3 nitrogen and oxygen atoms in total. The van der Waals surface area contributed by atoms with E-state index in [1.165, 1.54) is 16.5 Å². The molecule has 0 aliphatic heterocycles. The van der Waals surface area contributed by atoms with Gasteiger partial charge < -0.3 is 10.3 Å². The first-order valence-electron chi connectivity index (χ1n) is 6.16. The molecule has 98 valence electrons. The fraction of sp³-hybridized carbons (Fsp3) is 0.214. The van der Waals surface area contributed by atoms with Crippen molar-refractivity contribution in [2.24, 2.45) is 0 Å². The molecular formula is C14H14FN3S. The molecule has 2 heterocycles. The Morgan fingerprint density at radius 1 is 1.37 bits per heavy atom. The Kier molecular flexibility index (Phi) is 2.98. The smallest absolute Gasteiger partial charge is 0.201 e. The van der Waals surface area contributed by atoms with Crippen LogP contribution < -0.4 is 5.73 Å². The van der Waals surface area contributed by atoms with E-state index >= 15 is 0 Å².